The van der Waals surface area contributed by atoms with Crippen molar-refractivity contribution in [2.24, 2.45) is 0 Å². The van der Waals surface area contributed by atoms with Crippen molar-refractivity contribution in [2.45, 2.75) is 174 Å². The molecule has 9 heteroatoms. The summed E-state index contributed by atoms with van der Waals surface area (Å²) in [5, 5.41) is 11.6. The van der Waals surface area contributed by atoms with Crippen LogP contribution in [0.15, 0.2) is 36.5 Å². The minimum atomic E-state index is -1.62. The number of rotatable bonds is 37. The van der Waals surface area contributed by atoms with E-state index in [2.05, 4.69) is 50.3 Å². The Labute approximate surface area is 318 Å². The third-order valence-corrected chi connectivity index (χ3v) is 8.65. The Balaban J connectivity index is 4.53. The molecule has 9 nitrogen and oxygen atoms in total. The molecule has 302 valence electrons. The molecule has 0 spiro atoms. The third-order valence-electron chi connectivity index (χ3n) is 8.65. The summed E-state index contributed by atoms with van der Waals surface area (Å²) in [7, 11) is 5.89. The van der Waals surface area contributed by atoms with E-state index in [-0.39, 0.29) is 38.6 Å². The minimum Gasteiger partial charge on any atom is -0.545 e. The molecule has 0 radical (unpaired) electrons. The predicted octanol–water partition coefficient (Wildman–Crippen LogP) is 8.94. The summed E-state index contributed by atoms with van der Waals surface area (Å²) in [6.45, 7) is 4.58. The van der Waals surface area contributed by atoms with Gasteiger partial charge in [0.1, 0.15) is 13.2 Å². The molecule has 0 amide bonds. The number of unbranched alkanes of at least 4 members (excludes halogenated alkanes) is 16. The van der Waals surface area contributed by atoms with E-state index in [1.165, 1.54) is 70.6 Å². The van der Waals surface area contributed by atoms with Crippen LogP contribution in [0.1, 0.15) is 162 Å². The topological polar surface area (TPSA) is 111 Å². The van der Waals surface area contributed by atoms with Crippen molar-refractivity contribution in [1.82, 2.24) is 0 Å². The van der Waals surface area contributed by atoms with E-state index in [9.17, 15) is 19.5 Å². The average molecular weight is 736 g/mol. The number of esters is 2. The largest absolute Gasteiger partial charge is 0.545 e. The van der Waals surface area contributed by atoms with Gasteiger partial charge in [-0.1, -0.05) is 140 Å². The molecule has 0 saturated carbocycles. The van der Waals surface area contributed by atoms with Crippen molar-refractivity contribution in [3.05, 3.63) is 36.5 Å². The molecule has 0 aromatic carbocycles. The molecule has 0 aliphatic carbocycles. The van der Waals surface area contributed by atoms with E-state index in [4.69, 9.17) is 18.9 Å². The second-order valence-corrected chi connectivity index (χ2v) is 14.9. The Hall–Kier alpha value is -2.49. The number of carboxylic acids is 1. The SMILES string of the molecule is CC/C=C\C/C=C\C/C=C\CCCCCC(=O)OC(COC(=O)CCCCCCCCCCCCCCCC)COC(OCC[N+](C)(C)C)C(=O)[O-]. The highest BCUT2D eigenvalue weighted by molar-refractivity contribution is 5.70. The summed E-state index contributed by atoms with van der Waals surface area (Å²) in [5.41, 5.74) is 0. The minimum absolute atomic E-state index is 0.142. The maximum Gasteiger partial charge on any atom is 0.306 e. The van der Waals surface area contributed by atoms with Crippen LogP contribution in [-0.4, -0.2) is 82.3 Å². The zero-order valence-electron chi connectivity index (χ0n) is 33.9. The molecular weight excluding hydrogens is 658 g/mol. The number of carboxylic acid groups (broad SMARTS) is 1. The lowest BCUT2D eigenvalue weighted by Gasteiger charge is -2.26. The summed E-state index contributed by atoms with van der Waals surface area (Å²) < 4.78 is 22.4. The van der Waals surface area contributed by atoms with Gasteiger partial charge in [0.05, 0.1) is 40.3 Å². The Morgan fingerprint density at radius 3 is 1.63 bits per heavy atom. The molecule has 2 atom stereocenters. The zero-order valence-corrected chi connectivity index (χ0v) is 33.9. The van der Waals surface area contributed by atoms with Crippen LogP contribution in [0.3, 0.4) is 0 Å². The second-order valence-electron chi connectivity index (χ2n) is 14.9. The Morgan fingerprint density at radius 1 is 0.596 bits per heavy atom. The van der Waals surface area contributed by atoms with Gasteiger partial charge in [0.15, 0.2) is 12.4 Å². The van der Waals surface area contributed by atoms with Crippen molar-refractivity contribution in [3.8, 4) is 0 Å². The molecule has 0 rings (SSSR count). The number of carbonyl (C=O) groups is 3. The van der Waals surface area contributed by atoms with Crippen LogP contribution in [-0.2, 0) is 33.3 Å². The van der Waals surface area contributed by atoms with Crippen molar-refractivity contribution < 1.29 is 42.9 Å². The molecule has 0 N–H and O–H groups in total. The number of carbonyl (C=O) groups excluding carboxylic acids is 3. The molecule has 52 heavy (non-hydrogen) atoms. The Kier molecular flexibility index (Phi) is 33.8. The molecule has 0 aromatic rings. The zero-order chi connectivity index (χ0) is 38.5. The Morgan fingerprint density at radius 2 is 1.10 bits per heavy atom. The monoisotopic (exact) mass is 736 g/mol. The fraction of sp³-hybridized carbons (Fsp3) is 0.791. The predicted molar refractivity (Wildman–Crippen MR) is 209 cm³/mol. The van der Waals surface area contributed by atoms with Crippen LogP contribution in [0.25, 0.3) is 0 Å². The van der Waals surface area contributed by atoms with Gasteiger partial charge >= 0.3 is 11.9 Å². The average Bonchev–Trinajstić information content (AvgIpc) is 3.09. The third kappa shape index (κ3) is 35.9. The van der Waals surface area contributed by atoms with Crippen LogP contribution in [0.4, 0.5) is 0 Å². The van der Waals surface area contributed by atoms with Crippen LogP contribution in [0.5, 0.6) is 0 Å². The molecule has 0 aromatic heterocycles. The fourth-order valence-electron chi connectivity index (χ4n) is 5.43. The standard InChI is InChI=1S/C43H77NO8/c1-6-8-10-12-14-16-18-20-22-23-25-27-29-31-33-40(45)50-37-39(38-51-43(42(47)48)49-36-35-44(3,4)5)52-41(46)34-32-30-28-26-24-21-19-17-15-13-11-9-7-2/h9,11,15,17,21,24,39,43H,6-8,10,12-14,16,18-20,22-23,25-38H2,1-5H3/b11-9-,17-15-,24-21-. The first-order chi connectivity index (χ1) is 25.1. The number of aliphatic carboxylic acids is 1. The van der Waals surface area contributed by atoms with Gasteiger partial charge in [-0.3, -0.25) is 9.59 Å². The number of nitrogens with zero attached hydrogens (tertiary/aromatic N) is 1. The number of allylic oxidation sites excluding steroid dienone is 6. The van der Waals surface area contributed by atoms with Gasteiger partial charge in [0.25, 0.3) is 0 Å². The van der Waals surface area contributed by atoms with Crippen LogP contribution in [0.2, 0.25) is 0 Å². The number of likely N-dealkylation sites (N-methyl/N-ethyl adjacent to an activating group) is 1. The molecule has 0 aliphatic rings. The lowest BCUT2D eigenvalue weighted by molar-refractivity contribution is -0.870. The number of ether oxygens (including phenoxy) is 4. The quantitative estimate of drug-likeness (QED) is 0.0205. The first kappa shape index (κ1) is 49.5. The number of quaternary nitrogens is 1. The molecule has 0 aliphatic heterocycles. The summed E-state index contributed by atoms with van der Waals surface area (Å²) in [6.07, 6.45) is 34.6. The van der Waals surface area contributed by atoms with E-state index in [1.807, 2.05) is 21.1 Å². The molecule has 0 saturated heterocycles. The first-order valence-corrected chi connectivity index (χ1v) is 20.6. The number of hydrogen-bond donors (Lipinski definition) is 0. The highest BCUT2D eigenvalue weighted by atomic mass is 16.7. The van der Waals surface area contributed by atoms with Crippen LogP contribution in [0, 0.1) is 0 Å². The second kappa shape index (κ2) is 35.5. The lowest BCUT2D eigenvalue weighted by Crippen LogP contribution is -2.44. The van der Waals surface area contributed by atoms with E-state index in [0.717, 1.165) is 57.8 Å². The summed E-state index contributed by atoms with van der Waals surface area (Å²) >= 11 is 0. The van der Waals surface area contributed by atoms with E-state index < -0.39 is 24.3 Å². The fourth-order valence-corrected chi connectivity index (χ4v) is 5.43. The van der Waals surface area contributed by atoms with E-state index in [1.54, 1.807) is 0 Å². The highest BCUT2D eigenvalue weighted by Crippen LogP contribution is 2.14. The van der Waals surface area contributed by atoms with Crippen molar-refractivity contribution in [2.75, 3.05) is 47.5 Å². The smallest absolute Gasteiger partial charge is 0.306 e. The van der Waals surface area contributed by atoms with Gasteiger partial charge in [0.2, 0.25) is 0 Å². The summed E-state index contributed by atoms with van der Waals surface area (Å²) in [5.74, 6) is -2.33. The van der Waals surface area contributed by atoms with Gasteiger partial charge in [-0.2, -0.15) is 0 Å². The van der Waals surface area contributed by atoms with Gasteiger partial charge < -0.3 is 33.3 Å². The first-order valence-electron chi connectivity index (χ1n) is 20.6. The molecule has 0 fully saturated rings. The van der Waals surface area contributed by atoms with Gasteiger partial charge in [-0.05, 0) is 44.9 Å². The molecule has 0 heterocycles. The number of hydrogen-bond acceptors (Lipinski definition) is 8. The van der Waals surface area contributed by atoms with Gasteiger partial charge in [-0.25, -0.2) is 0 Å². The Bertz CT molecular complexity index is 955. The molecule has 0 bridgehead atoms. The normalized spacial score (nSPS) is 13.3. The summed E-state index contributed by atoms with van der Waals surface area (Å²) in [4.78, 5) is 36.8. The van der Waals surface area contributed by atoms with E-state index >= 15 is 0 Å². The van der Waals surface area contributed by atoms with Crippen LogP contribution >= 0.6 is 0 Å². The highest BCUT2D eigenvalue weighted by Gasteiger charge is 2.21. The lowest BCUT2D eigenvalue weighted by atomic mass is 10.0. The maximum absolute atomic E-state index is 12.7. The van der Waals surface area contributed by atoms with Crippen molar-refractivity contribution in [3.63, 3.8) is 0 Å². The van der Waals surface area contributed by atoms with Crippen molar-refractivity contribution >= 4 is 17.9 Å². The van der Waals surface area contributed by atoms with Gasteiger partial charge in [0, 0.05) is 12.8 Å². The maximum atomic E-state index is 12.7. The molecule has 2 unspecified atom stereocenters. The van der Waals surface area contributed by atoms with Crippen LogP contribution < -0.4 is 5.11 Å². The van der Waals surface area contributed by atoms with Crippen molar-refractivity contribution in [1.29, 1.82) is 0 Å². The van der Waals surface area contributed by atoms with E-state index in [0.29, 0.717) is 17.4 Å². The van der Waals surface area contributed by atoms with Gasteiger partial charge in [-0.15, -0.1) is 0 Å². The summed E-state index contributed by atoms with van der Waals surface area (Å²) in [6, 6.07) is 0. The molecular formula is C43H77NO8.